The number of rotatable bonds is 7. The van der Waals surface area contributed by atoms with Crippen LogP contribution in [0.5, 0.6) is 23.0 Å². The summed E-state index contributed by atoms with van der Waals surface area (Å²) in [6.45, 7) is 2.68. The van der Waals surface area contributed by atoms with Gasteiger partial charge >= 0.3 is 0 Å². The van der Waals surface area contributed by atoms with Gasteiger partial charge in [0.2, 0.25) is 0 Å². The molecule has 0 saturated carbocycles. The highest BCUT2D eigenvalue weighted by molar-refractivity contribution is 5.51. The highest BCUT2D eigenvalue weighted by Crippen LogP contribution is 2.39. The molecule has 6 nitrogen and oxygen atoms in total. The zero-order chi connectivity index (χ0) is 21.8. The topological polar surface area (TPSA) is 45.1 Å². The molecule has 3 aromatic rings. The number of nitrogens with zero attached hydrogens (tertiary/aromatic N) is 2. The van der Waals surface area contributed by atoms with Crippen LogP contribution in [0.4, 0.5) is 0 Å². The minimum absolute atomic E-state index is 0.102. The predicted octanol–water partition coefficient (Wildman–Crippen LogP) is 4.52. The van der Waals surface area contributed by atoms with Crippen LogP contribution in [0, 0.1) is 0 Å². The number of hydrogen-bond acceptors (Lipinski definition) is 5. The molecular formula is C25H30N2O4. The number of methoxy groups -OCH3 is 4. The van der Waals surface area contributed by atoms with Crippen molar-refractivity contribution in [3.63, 3.8) is 0 Å². The van der Waals surface area contributed by atoms with Crippen LogP contribution in [0.25, 0.3) is 0 Å². The minimum Gasteiger partial charge on any atom is -0.497 e. The van der Waals surface area contributed by atoms with Crippen LogP contribution < -0.4 is 18.9 Å². The summed E-state index contributed by atoms with van der Waals surface area (Å²) >= 11 is 0. The van der Waals surface area contributed by atoms with Crippen molar-refractivity contribution in [1.82, 2.24) is 9.47 Å². The second-order valence-electron chi connectivity index (χ2n) is 7.65. The Morgan fingerprint density at radius 3 is 2.32 bits per heavy atom. The van der Waals surface area contributed by atoms with Gasteiger partial charge in [0, 0.05) is 43.2 Å². The lowest BCUT2D eigenvalue weighted by Crippen LogP contribution is -2.29. The molecule has 1 aromatic heterocycles. The Balaban J connectivity index is 1.77. The van der Waals surface area contributed by atoms with E-state index in [1.165, 1.54) is 11.3 Å². The zero-order valence-electron chi connectivity index (χ0n) is 18.6. The van der Waals surface area contributed by atoms with Gasteiger partial charge in [-0.3, -0.25) is 4.90 Å². The second kappa shape index (κ2) is 9.35. The van der Waals surface area contributed by atoms with E-state index in [0.717, 1.165) is 43.1 Å². The molecule has 1 aliphatic heterocycles. The average molecular weight is 423 g/mol. The largest absolute Gasteiger partial charge is 0.497 e. The molecule has 4 rings (SSSR count). The molecule has 0 radical (unpaired) electrons. The molecule has 0 saturated heterocycles. The lowest BCUT2D eigenvalue weighted by atomic mass is 10.0. The average Bonchev–Trinajstić information content (AvgIpc) is 3.19. The van der Waals surface area contributed by atoms with Crippen molar-refractivity contribution in [1.29, 1.82) is 0 Å². The van der Waals surface area contributed by atoms with Crippen LogP contribution in [0.1, 0.15) is 29.3 Å². The van der Waals surface area contributed by atoms with Gasteiger partial charge in [-0.1, -0.05) is 12.1 Å². The predicted molar refractivity (Wildman–Crippen MR) is 120 cm³/mol. The summed E-state index contributed by atoms with van der Waals surface area (Å²) in [5, 5.41) is 0. The number of ether oxygens (including phenoxy) is 4. The van der Waals surface area contributed by atoms with Crippen molar-refractivity contribution < 1.29 is 18.9 Å². The van der Waals surface area contributed by atoms with Crippen LogP contribution in [0.3, 0.4) is 0 Å². The highest BCUT2D eigenvalue weighted by Gasteiger charge is 2.29. The van der Waals surface area contributed by atoms with Crippen LogP contribution in [-0.2, 0) is 13.1 Å². The first-order chi connectivity index (χ1) is 15.2. The molecule has 2 aromatic carbocycles. The fraction of sp³-hybridized carbons (Fsp3) is 0.360. The SMILES string of the molecule is COc1cccc(C2c3cccn3CCCN2Cc2cc(OC)c(OC)cc2OC)c1. The Morgan fingerprint density at radius 1 is 0.806 bits per heavy atom. The van der Waals surface area contributed by atoms with E-state index in [4.69, 9.17) is 18.9 Å². The number of aryl methyl sites for hydroxylation is 1. The van der Waals surface area contributed by atoms with Crippen LogP contribution >= 0.6 is 0 Å². The van der Waals surface area contributed by atoms with E-state index in [1.807, 2.05) is 18.2 Å². The van der Waals surface area contributed by atoms with E-state index in [1.54, 1.807) is 28.4 Å². The van der Waals surface area contributed by atoms with Gasteiger partial charge in [0.25, 0.3) is 0 Å². The fourth-order valence-electron chi connectivity index (χ4n) is 4.44. The van der Waals surface area contributed by atoms with Gasteiger partial charge in [-0.25, -0.2) is 0 Å². The van der Waals surface area contributed by atoms with Crippen LogP contribution in [0.2, 0.25) is 0 Å². The summed E-state index contributed by atoms with van der Waals surface area (Å²) in [4.78, 5) is 2.50. The smallest absolute Gasteiger partial charge is 0.164 e. The van der Waals surface area contributed by atoms with Gasteiger partial charge in [0.1, 0.15) is 11.5 Å². The Labute approximate surface area is 183 Å². The van der Waals surface area contributed by atoms with Gasteiger partial charge in [0.05, 0.1) is 34.5 Å². The zero-order valence-corrected chi connectivity index (χ0v) is 18.6. The van der Waals surface area contributed by atoms with Crippen molar-refractivity contribution in [3.05, 3.63) is 71.5 Å². The van der Waals surface area contributed by atoms with Gasteiger partial charge in [-0.05, 0) is 42.3 Å². The lowest BCUT2D eigenvalue weighted by molar-refractivity contribution is 0.216. The van der Waals surface area contributed by atoms with E-state index < -0.39 is 0 Å². The second-order valence-corrected chi connectivity index (χ2v) is 7.65. The molecule has 164 valence electrons. The summed E-state index contributed by atoms with van der Waals surface area (Å²) in [6, 6.07) is 16.7. The van der Waals surface area contributed by atoms with Crippen molar-refractivity contribution in [2.45, 2.75) is 25.6 Å². The van der Waals surface area contributed by atoms with Crippen molar-refractivity contribution in [3.8, 4) is 23.0 Å². The van der Waals surface area contributed by atoms with Gasteiger partial charge in [0.15, 0.2) is 11.5 Å². The maximum Gasteiger partial charge on any atom is 0.164 e. The molecule has 2 heterocycles. The third-order valence-corrected chi connectivity index (χ3v) is 5.92. The monoisotopic (exact) mass is 422 g/mol. The first-order valence-electron chi connectivity index (χ1n) is 10.5. The molecule has 1 unspecified atom stereocenters. The molecule has 31 heavy (non-hydrogen) atoms. The van der Waals surface area contributed by atoms with Gasteiger partial charge < -0.3 is 23.5 Å². The molecule has 0 bridgehead atoms. The van der Waals surface area contributed by atoms with Crippen molar-refractivity contribution in [2.24, 2.45) is 0 Å². The molecule has 0 fully saturated rings. The van der Waals surface area contributed by atoms with E-state index in [-0.39, 0.29) is 6.04 Å². The molecule has 0 N–H and O–H groups in total. The molecule has 0 aliphatic carbocycles. The summed E-state index contributed by atoms with van der Waals surface area (Å²) in [5.41, 5.74) is 3.55. The first-order valence-corrected chi connectivity index (χ1v) is 10.5. The fourth-order valence-corrected chi connectivity index (χ4v) is 4.44. The summed E-state index contributed by atoms with van der Waals surface area (Å²) in [7, 11) is 6.70. The van der Waals surface area contributed by atoms with Crippen LogP contribution in [0.15, 0.2) is 54.7 Å². The maximum atomic E-state index is 5.70. The molecule has 0 amide bonds. The highest BCUT2D eigenvalue weighted by atomic mass is 16.5. The Morgan fingerprint density at radius 2 is 1.58 bits per heavy atom. The Kier molecular flexibility index (Phi) is 6.37. The first kappa shape index (κ1) is 21.1. The molecule has 1 atom stereocenters. The Bertz CT molecular complexity index is 1030. The van der Waals surface area contributed by atoms with Crippen molar-refractivity contribution in [2.75, 3.05) is 35.0 Å². The number of aromatic nitrogens is 1. The van der Waals surface area contributed by atoms with Crippen molar-refractivity contribution >= 4 is 0 Å². The Hall–Kier alpha value is -3.12. The number of fused-ring (bicyclic) bond motifs is 1. The van der Waals surface area contributed by atoms with E-state index >= 15 is 0 Å². The standard InChI is InChI=1S/C25H30N2O4/c1-28-20-9-5-8-18(14-20)25-21-10-6-11-26(21)12-7-13-27(25)17-19-15-23(30-3)24(31-4)16-22(19)29-2/h5-6,8-11,14-16,25H,7,12-13,17H2,1-4H3. The normalized spacial score (nSPS) is 16.3. The third-order valence-electron chi connectivity index (χ3n) is 5.92. The summed E-state index contributed by atoms with van der Waals surface area (Å²) < 4.78 is 24.6. The molecule has 6 heteroatoms. The molecule has 1 aliphatic rings. The van der Waals surface area contributed by atoms with E-state index in [0.29, 0.717) is 11.5 Å². The summed E-state index contributed by atoms with van der Waals surface area (Å²) in [5.74, 6) is 3.02. The lowest BCUT2D eigenvalue weighted by Gasteiger charge is -2.31. The number of hydrogen-bond donors (Lipinski definition) is 0. The molecular weight excluding hydrogens is 392 g/mol. The van der Waals surface area contributed by atoms with E-state index in [2.05, 4.69) is 46.0 Å². The van der Waals surface area contributed by atoms with Crippen LogP contribution in [-0.4, -0.2) is 44.5 Å². The quantitative estimate of drug-likeness (QED) is 0.560. The van der Waals surface area contributed by atoms with Gasteiger partial charge in [-0.15, -0.1) is 0 Å². The minimum atomic E-state index is 0.102. The third kappa shape index (κ3) is 4.21. The number of benzene rings is 2. The van der Waals surface area contributed by atoms with E-state index in [9.17, 15) is 0 Å². The van der Waals surface area contributed by atoms with Gasteiger partial charge in [-0.2, -0.15) is 0 Å². The maximum absolute atomic E-state index is 5.70. The summed E-state index contributed by atoms with van der Waals surface area (Å²) in [6.07, 6.45) is 3.24. The molecule has 0 spiro atoms.